The molecule has 1 aliphatic carbocycles. The van der Waals surface area contributed by atoms with Crippen LogP contribution < -0.4 is 0 Å². The quantitative estimate of drug-likeness (QED) is 0.768. The van der Waals surface area contributed by atoms with Crippen molar-refractivity contribution in [1.82, 2.24) is 14.5 Å². The zero-order valence-electron chi connectivity index (χ0n) is 15.3. The third-order valence-corrected chi connectivity index (χ3v) is 7.06. The highest BCUT2D eigenvalue weighted by Crippen LogP contribution is 2.47. The van der Waals surface area contributed by atoms with Crippen LogP contribution in [0.2, 0.25) is 0 Å². The summed E-state index contributed by atoms with van der Waals surface area (Å²) < 4.78 is 2.47. The van der Waals surface area contributed by atoms with Gasteiger partial charge in [0.25, 0.3) is 0 Å². The highest BCUT2D eigenvalue weighted by Gasteiger charge is 2.43. The second kappa shape index (κ2) is 6.76. The first-order valence-corrected chi connectivity index (χ1v) is 10.8. The molecule has 5 heteroatoms. The van der Waals surface area contributed by atoms with E-state index < -0.39 is 0 Å². The first-order chi connectivity index (χ1) is 12.8. The molecule has 2 aromatic rings. The van der Waals surface area contributed by atoms with Gasteiger partial charge in [-0.15, -0.1) is 0 Å². The van der Waals surface area contributed by atoms with Crippen molar-refractivity contribution in [3.8, 4) is 0 Å². The Labute approximate surface area is 159 Å². The van der Waals surface area contributed by atoms with E-state index in [9.17, 15) is 0 Å². The van der Waals surface area contributed by atoms with Gasteiger partial charge in [0, 0.05) is 36.4 Å². The van der Waals surface area contributed by atoms with Gasteiger partial charge in [0.15, 0.2) is 5.17 Å². The molecule has 26 heavy (non-hydrogen) atoms. The van der Waals surface area contributed by atoms with Crippen molar-refractivity contribution in [3.05, 3.63) is 54.1 Å². The van der Waals surface area contributed by atoms with E-state index in [1.165, 1.54) is 42.8 Å². The minimum Gasteiger partial charge on any atom is -0.351 e. The molecule has 0 spiro atoms. The topological polar surface area (TPSA) is 33.4 Å². The first kappa shape index (κ1) is 16.4. The molecule has 0 bridgehead atoms. The summed E-state index contributed by atoms with van der Waals surface area (Å²) in [5.74, 6) is 0. The summed E-state index contributed by atoms with van der Waals surface area (Å²) in [4.78, 5) is 12.2. The number of aromatic nitrogens is 2. The van der Waals surface area contributed by atoms with E-state index in [2.05, 4.69) is 52.0 Å². The Kier molecular flexibility index (Phi) is 4.27. The predicted octanol–water partition coefficient (Wildman–Crippen LogP) is 4.98. The Hall–Kier alpha value is -1.75. The number of aliphatic imine (C=N–C) groups is 1. The largest absolute Gasteiger partial charge is 0.351 e. The molecule has 136 valence electrons. The Morgan fingerprint density at radius 3 is 2.81 bits per heavy atom. The van der Waals surface area contributed by atoms with Crippen LogP contribution in [0.25, 0.3) is 0 Å². The van der Waals surface area contributed by atoms with Crippen molar-refractivity contribution in [2.45, 2.75) is 62.4 Å². The Morgan fingerprint density at radius 1 is 1.12 bits per heavy atom. The lowest BCUT2D eigenvalue weighted by atomic mass is 9.95. The molecule has 0 unspecified atom stereocenters. The molecule has 2 fully saturated rings. The molecule has 1 saturated heterocycles. The molecule has 0 N–H and O–H groups in total. The average Bonchev–Trinajstić information content (AvgIpc) is 3.37. The van der Waals surface area contributed by atoms with Crippen molar-refractivity contribution < 1.29 is 0 Å². The number of nitrogens with zero attached hydrogens (tertiary/aromatic N) is 4. The number of thioether (sulfide) groups is 1. The van der Waals surface area contributed by atoms with Crippen LogP contribution in [0.4, 0.5) is 0 Å². The smallest absolute Gasteiger partial charge is 0.160 e. The van der Waals surface area contributed by atoms with E-state index in [1.807, 2.05) is 24.0 Å². The third kappa shape index (κ3) is 2.86. The normalized spacial score (nSPS) is 29.0. The molecule has 0 aromatic carbocycles. The maximum atomic E-state index is 5.08. The second-order valence-corrected chi connectivity index (χ2v) is 9.23. The molecule has 5 rings (SSSR count). The van der Waals surface area contributed by atoms with Gasteiger partial charge in [-0.25, -0.2) is 0 Å². The van der Waals surface area contributed by atoms with E-state index in [4.69, 9.17) is 4.99 Å². The number of fused-ring (bicyclic) bond motifs is 1. The summed E-state index contributed by atoms with van der Waals surface area (Å²) >= 11 is 1.91. The van der Waals surface area contributed by atoms with Gasteiger partial charge in [-0.3, -0.25) is 9.98 Å². The van der Waals surface area contributed by atoms with E-state index in [1.54, 1.807) is 0 Å². The summed E-state index contributed by atoms with van der Waals surface area (Å²) in [5.41, 5.74) is 2.47. The van der Waals surface area contributed by atoms with Crippen LogP contribution in [-0.4, -0.2) is 31.4 Å². The van der Waals surface area contributed by atoms with Crippen LogP contribution in [0.3, 0.4) is 0 Å². The van der Waals surface area contributed by atoms with Crippen molar-refractivity contribution in [3.63, 3.8) is 0 Å². The van der Waals surface area contributed by atoms with Crippen molar-refractivity contribution in [2.75, 3.05) is 6.54 Å². The van der Waals surface area contributed by atoms with E-state index in [-0.39, 0.29) is 12.1 Å². The van der Waals surface area contributed by atoms with E-state index in [0.717, 1.165) is 12.2 Å². The number of rotatable bonds is 3. The van der Waals surface area contributed by atoms with Crippen LogP contribution >= 0.6 is 11.8 Å². The minimum absolute atomic E-state index is 0.105. The summed E-state index contributed by atoms with van der Waals surface area (Å²) in [6, 6.07) is 9.57. The Bertz CT molecular complexity index is 793. The molecule has 0 radical (unpaired) electrons. The van der Waals surface area contributed by atoms with Gasteiger partial charge in [0.05, 0.1) is 11.7 Å². The fraction of sp³-hybridized carbons (Fsp3) is 0.524. The van der Waals surface area contributed by atoms with Gasteiger partial charge in [0.1, 0.15) is 6.04 Å². The van der Waals surface area contributed by atoms with Crippen LogP contribution in [0.1, 0.15) is 68.4 Å². The van der Waals surface area contributed by atoms with Crippen molar-refractivity contribution in [2.24, 2.45) is 4.99 Å². The number of hydrogen-bond donors (Lipinski definition) is 0. The summed E-state index contributed by atoms with van der Waals surface area (Å²) in [7, 11) is 0. The van der Waals surface area contributed by atoms with E-state index >= 15 is 0 Å². The molecular formula is C21H26N4S. The fourth-order valence-corrected chi connectivity index (χ4v) is 5.78. The molecule has 0 amide bonds. The van der Waals surface area contributed by atoms with Gasteiger partial charge in [-0.1, -0.05) is 44.0 Å². The first-order valence-electron chi connectivity index (χ1n) is 9.89. The zero-order chi connectivity index (χ0) is 17.5. The van der Waals surface area contributed by atoms with E-state index in [0.29, 0.717) is 11.3 Å². The third-order valence-electron chi connectivity index (χ3n) is 5.96. The minimum atomic E-state index is 0.105. The number of amidine groups is 1. The SMILES string of the molecule is C[C@H]1CN2C(=N[C@@H](c3ccccn3)[C@@H]2c2ccn(C3CCCCC3)c2)S1. The Morgan fingerprint density at radius 2 is 2.00 bits per heavy atom. The second-order valence-electron chi connectivity index (χ2n) is 7.82. The Balaban J connectivity index is 1.48. The zero-order valence-corrected chi connectivity index (χ0v) is 16.1. The van der Waals surface area contributed by atoms with Crippen molar-refractivity contribution >= 4 is 16.9 Å². The fourth-order valence-electron chi connectivity index (χ4n) is 4.69. The predicted molar refractivity (Wildman–Crippen MR) is 107 cm³/mol. The van der Waals surface area contributed by atoms with Gasteiger partial charge in [0.2, 0.25) is 0 Å². The summed E-state index contributed by atoms with van der Waals surface area (Å²) in [6.07, 6.45) is 13.3. The average molecular weight is 367 g/mol. The molecule has 1 saturated carbocycles. The summed E-state index contributed by atoms with van der Waals surface area (Å²) in [6.45, 7) is 3.37. The lowest BCUT2D eigenvalue weighted by Crippen LogP contribution is -2.28. The molecular weight excluding hydrogens is 340 g/mol. The number of hydrogen-bond acceptors (Lipinski definition) is 4. The lowest BCUT2D eigenvalue weighted by molar-refractivity contribution is 0.318. The van der Waals surface area contributed by atoms with Crippen molar-refractivity contribution in [1.29, 1.82) is 0 Å². The maximum Gasteiger partial charge on any atom is 0.160 e. The van der Waals surface area contributed by atoms with Crippen LogP contribution in [-0.2, 0) is 0 Å². The van der Waals surface area contributed by atoms with Gasteiger partial charge in [-0.2, -0.15) is 0 Å². The number of pyridine rings is 1. The maximum absolute atomic E-state index is 5.08. The summed E-state index contributed by atoms with van der Waals surface area (Å²) in [5, 5.41) is 1.81. The monoisotopic (exact) mass is 366 g/mol. The van der Waals surface area contributed by atoms with Gasteiger partial charge < -0.3 is 9.47 Å². The lowest BCUT2D eigenvalue weighted by Gasteiger charge is -2.27. The molecule has 4 nitrogen and oxygen atoms in total. The standard InChI is InChI=1S/C21H26N4S/c1-15-13-25-20(16-10-12-24(14-16)17-7-3-2-4-8-17)19(23-21(25)26-15)18-9-5-6-11-22-18/h5-6,9-12,14-15,17,19-20H,2-4,7-8,13H2,1H3/t15-,19-,20-/m0/s1. The molecule has 2 aliphatic heterocycles. The molecule has 3 atom stereocenters. The van der Waals surface area contributed by atoms with Gasteiger partial charge >= 0.3 is 0 Å². The molecule has 2 aromatic heterocycles. The van der Waals surface area contributed by atoms with Crippen LogP contribution in [0.5, 0.6) is 0 Å². The van der Waals surface area contributed by atoms with Gasteiger partial charge in [-0.05, 0) is 36.6 Å². The highest BCUT2D eigenvalue weighted by atomic mass is 32.2. The van der Waals surface area contributed by atoms with Crippen LogP contribution in [0.15, 0.2) is 47.8 Å². The van der Waals surface area contributed by atoms with Crippen LogP contribution in [0, 0.1) is 0 Å². The molecule has 3 aliphatic rings. The highest BCUT2D eigenvalue weighted by molar-refractivity contribution is 8.14. The molecule has 4 heterocycles.